The lowest BCUT2D eigenvalue weighted by Gasteiger charge is -2.34. The van der Waals surface area contributed by atoms with Crippen LogP contribution < -0.4 is 10.2 Å². The van der Waals surface area contributed by atoms with Gasteiger partial charge < -0.3 is 10.1 Å². The molecule has 0 unspecified atom stereocenters. The zero-order chi connectivity index (χ0) is 32.0. The molecule has 1 spiro atoms. The molecule has 43 heavy (non-hydrogen) atoms. The van der Waals surface area contributed by atoms with E-state index in [4.69, 9.17) is 4.74 Å². The minimum atomic E-state index is -4.21. The summed E-state index contributed by atoms with van der Waals surface area (Å²) in [4.78, 5) is 31.5. The average Bonchev–Trinajstić information content (AvgIpc) is 3.21. The Morgan fingerprint density at radius 3 is 2.16 bits per heavy atom. The van der Waals surface area contributed by atoms with E-state index in [1.165, 1.54) is 15.3 Å². The number of anilines is 1. The Morgan fingerprint density at radius 1 is 1.09 bits per heavy atom. The molecule has 238 valence electrons. The van der Waals surface area contributed by atoms with Crippen LogP contribution in [0.1, 0.15) is 76.0 Å². The van der Waals surface area contributed by atoms with Crippen molar-refractivity contribution in [1.82, 2.24) is 9.62 Å². The number of rotatable bonds is 5. The van der Waals surface area contributed by atoms with Crippen LogP contribution in [0.5, 0.6) is 0 Å². The Morgan fingerprint density at radius 2 is 1.65 bits per heavy atom. The van der Waals surface area contributed by atoms with Crippen LogP contribution in [0.4, 0.5) is 23.7 Å². The molecule has 0 aromatic heterocycles. The average molecular weight is 627 g/mol. The number of carbonyl (C=O) groups excluding carboxylic acids is 2. The topological polar surface area (TPSA) is 108 Å². The number of aliphatic imine (C=N–C) groups is 1. The van der Waals surface area contributed by atoms with Gasteiger partial charge in [0.1, 0.15) is 17.0 Å². The highest BCUT2D eigenvalue weighted by Gasteiger charge is 2.49. The summed E-state index contributed by atoms with van der Waals surface area (Å²) in [5.74, 6) is -1.42. The molecule has 13 heteroatoms. The molecule has 1 aliphatic carbocycles. The third kappa shape index (κ3) is 7.42. The van der Waals surface area contributed by atoms with Crippen molar-refractivity contribution in [1.29, 1.82) is 0 Å². The number of amides is 2. The largest absolute Gasteiger partial charge is 0.443 e. The van der Waals surface area contributed by atoms with Crippen LogP contribution in [-0.4, -0.2) is 68.0 Å². The standard InChI is InChI=1S/C30H41F3N4O5S/c1-19-17-23(36(6)27(39)42-28(3,4)5)18-20(2)24(19)11-16-43(40,41)37-14-12-29(13-15-37)26(38)34-25(35-29)21-7-9-22(10-8-21)30(31,32)33/h11,16-18,21-22H,7-10,12-15H2,1-6H3,(H,34,35,38)/b16-11+. The Labute approximate surface area is 251 Å². The number of nitrogens with zero attached hydrogens (tertiary/aromatic N) is 3. The zero-order valence-corrected chi connectivity index (χ0v) is 26.4. The summed E-state index contributed by atoms with van der Waals surface area (Å²) in [6.45, 7) is 9.21. The molecule has 1 aromatic rings. The van der Waals surface area contributed by atoms with Gasteiger partial charge in [-0.25, -0.2) is 13.2 Å². The third-order valence-electron chi connectivity index (χ3n) is 8.52. The number of alkyl halides is 3. The number of amidine groups is 1. The Bertz CT molecular complexity index is 1390. The van der Waals surface area contributed by atoms with E-state index < -0.39 is 39.4 Å². The maximum absolute atomic E-state index is 13.2. The predicted octanol–water partition coefficient (Wildman–Crippen LogP) is 5.71. The molecule has 4 rings (SSSR count). The number of hydrogen-bond acceptors (Lipinski definition) is 6. The van der Waals surface area contributed by atoms with Gasteiger partial charge in [0.15, 0.2) is 0 Å². The molecule has 1 saturated carbocycles. The van der Waals surface area contributed by atoms with Gasteiger partial charge in [0.2, 0.25) is 10.0 Å². The van der Waals surface area contributed by atoms with Gasteiger partial charge in [-0.1, -0.05) is 0 Å². The number of nitrogens with one attached hydrogen (secondary N) is 1. The van der Waals surface area contributed by atoms with Gasteiger partial charge in [-0.05, 0) is 108 Å². The lowest BCUT2D eigenvalue weighted by molar-refractivity contribution is -0.182. The van der Waals surface area contributed by atoms with Crippen LogP contribution in [0.15, 0.2) is 22.5 Å². The number of carbonyl (C=O) groups is 2. The van der Waals surface area contributed by atoms with Crippen LogP contribution in [-0.2, 0) is 19.6 Å². The molecule has 0 atom stereocenters. The number of hydrogen-bond donors (Lipinski definition) is 1. The first-order valence-electron chi connectivity index (χ1n) is 14.6. The molecule has 0 bridgehead atoms. The summed E-state index contributed by atoms with van der Waals surface area (Å²) in [6, 6.07) is 3.58. The van der Waals surface area contributed by atoms with Crippen molar-refractivity contribution in [3.8, 4) is 0 Å². The van der Waals surface area contributed by atoms with Crippen molar-refractivity contribution in [2.45, 2.75) is 90.5 Å². The van der Waals surface area contributed by atoms with Crippen LogP contribution in [0.3, 0.4) is 0 Å². The van der Waals surface area contributed by atoms with E-state index in [1.807, 2.05) is 13.8 Å². The number of sulfonamides is 1. The highest BCUT2D eigenvalue weighted by Crippen LogP contribution is 2.41. The first-order valence-corrected chi connectivity index (χ1v) is 16.1. The SMILES string of the molecule is Cc1cc(N(C)C(=O)OC(C)(C)C)cc(C)c1/C=C/S(=O)(=O)N1CCC2(CC1)N=C(C1CCC(C(F)(F)F)CC1)NC2=O. The monoisotopic (exact) mass is 626 g/mol. The maximum Gasteiger partial charge on any atom is 0.414 e. The molecule has 9 nitrogen and oxygen atoms in total. The van der Waals surface area contributed by atoms with Crippen LogP contribution in [0, 0.1) is 25.7 Å². The molecule has 2 amide bonds. The van der Waals surface area contributed by atoms with Crippen LogP contribution in [0.25, 0.3) is 6.08 Å². The zero-order valence-electron chi connectivity index (χ0n) is 25.5. The Hall–Kier alpha value is -2.93. The molecule has 3 aliphatic rings. The van der Waals surface area contributed by atoms with Gasteiger partial charge in [-0.15, -0.1) is 0 Å². The van der Waals surface area contributed by atoms with Crippen molar-refractivity contribution in [3.05, 3.63) is 34.2 Å². The van der Waals surface area contributed by atoms with Crippen LogP contribution >= 0.6 is 0 Å². The summed E-state index contributed by atoms with van der Waals surface area (Å²) in [7, 11) is -2.20. The first kappa shape index (κ1) is 33.0. The maximum atomic E-state index is 13.2. The second-order valence-corrected chi connectivity index (χ2v) is 14.7. The predicted molar refractivity (Wildman–Crippen MR) is 159 cm³/mol. The summed E-state index contributed by atoms with van der Waals surface area (Å²) >= 11 is 0. The first-order chi connectivity index (χ1) is 19.8. The normalized spacial score (nSPS) is 23.4. The lowest BCUT2D eigenvalue weighted by Crippen LogP contribution is -2.50. The van der Waals surface area contributed by atoms with E-state index in [1.54, 1.807) is 40.0 Å². The van der Waals surface area contributed by atoms with E-state index >= 15 is 0 Å². The van der Waals surface area contributed by atoms with E-state index in [2.05, 4.69) is 10.3 Å². The van der Waals surface area contributed by atoms with Crippen molar-refractivity contribution < 1.29 is 35.9 Å². The molecule has 1 saturated heterocycles. The van der Waals surface area contributed by atoms with Gasteiger partial charge in [0, 0.05) is 37.2 Å². The summed E-state index contributed by atoms with van der Waals surface area (Å²) in [6.07, 6.45) is -2.15. The minimum absolute atomic E-state index is 0.0104. The molecule has 2 fully saturated rings. The Balaban J connectivity index is 1.40. The molecule has 0 radical (unpaired) electrons. The van der Waals surface area contributed by atoms with Crippen LogP contribution in [0.2, 0.25) is 0 Å². The molecular formula is C30H41F3N4O5S. The van der Waals surface area contributed by atoms with Crippen molar-refractivity contribution in [2.24, 2.45) is 16.8 Å². The van der Waals surface area contributed by atoms with Gasteiger partial charge in [-0.2, -0.15) is 17.5 Å². The number of aryl methyl sites for hydroxylation is 2. The smallest absolute Gasteiger partial charge is 0.414 e. The number of ether oxygens (including phenoxy) is 1. The summed E-state index contributed by atoms with van der Waals surface area (Å²) in [5.41, 5.74) is 1.16. The van der Waals surface area contributed by atoms with E-state index in [0.717, 1.165) is 16.5 Å². The highest BCUT2D eigenvalue weighted by atomic mass is 32.2. The fraction of sp³-hybridized carbons (Fsp3) is 0.633. The van der Waals surface area contributed by atoms with Gasteiger partial charge in [0.05, 0.1) is 5.92 Å². The van der Waals surface area contributed by atoms with Crippen molar-refractivity contribution >= 4 is 39.6 Å². The second kappa shape index (κ2) is 11.9. The lowest BCUT2D eigenvalue weighted by atomic mass is 9.81. The minimum Gasteiger partial charge on any atom is -0.443 e. The molecular weight excluding hydrogens is 585 g/mol. The van der Waals surface area contributed by atoms with Crippen molar-refractivity contribution in [3.63, 3.8) is 0 Å². The molecule has 1 aromatic carbocycles. The third-order valence-corrected chi connectivity index (χ3v) is 10.1. The molecule has 2 aliphatic heterocycles. The molecule has 1 N–H and O–H groups in total. The second-order valence-electron chi connectivity index (χ2n) is 12.9. The molecule has 2 heterocycles. The van der Waals surface area contributed by atoms with Gasteiger partial charge in [0.25, 0.3) is 5.91 Å². The highest BCUT2D eigenvalue weighted by molar-refractivity contribution is 7.92. The quantitative estimate of drug-likeness (QED) is 0.451. The summed E-state index contributed by atoms with van der Waals surface area (Å²) < 4.78 is 72.4. The van der Waals surface area contributed by atoms with Crippen molar-refractivity contribution in [2.75, 3.05) is 25.0 Å². The number of halogens is 3. The number of benzene rings is 1. The van der Waals surface area contributed by atoms with Gasteiger partial charge in [-0.3, -0.25) is 14.7 Å². The summed E-state index contributed by atoms with van der Waals surface area (Å²) in [5, 5.41) is 3.95. The fourth-order valence-corrected chi connectivity index (χ4v) is 7.13. The Kier molecular flexibility index (Phi) is 9.10. The van der Waals surface area contributed by atoms with Gasteiger partial charge >= 0.3 is 12.3 Å². The fourth-order valence-electron chi connectivity index (χ4n) is 5.96. The van der Waals surface area contributed by atoms with E-state index in [-0.39, 0.29) is 50.6 Å². The van der Waals surface area contributed by atoms with E-state index in [0.29, 0.717) is 29.9 Å². The number of piperidine rings is 1. The van der Waals surface area contributed by atoms with E-state index in [9.17, 15) is 31.2 Å².